The van der Waals surface area contributed by atoms with Crippen LogP contribution in [0.15, 0.2) is 30.3 Å². The van der Waals surface area contributed by atoms with Gasteiger partial charge in [-0.1, -0.05) is 6.07 Å². The third-order valence-electron chi connectivity index (χ3n) is 1.87. The van der Waals surface area contributed by atoms with E-state index in [4.69, 9.17) is 0 Å². The van der Waals surface area contributed by atoms with Crippen LogP contribution in [0.3, 0.4) is 0 Å². The quantitative estimate of drug-likeness (QED) is 0.750. The minimum Gasteiger partial charge on any atom is -0.493 e. The van der Waals surface area contributed by atoms with E-state index in [1.807, 2.05) is 0 Å². The summed E-state index contributed by atoms with van der Waals surface area (Å²) in [7, 11) is 0. The van der Waals surface area contributed by atoms with Crippen molar-refractivity contribution in [1.29, 1.82) is 0 Å². The standard InChI is InChI=1S/C10H9FN2O/c1-7-5-10(14)13(12-7)9-4-2-3-8(11)6-9/h2-6,14H,1H3. The van der Waals surface area contributed by atoms with E-state index in [0.717, 1.165) is 0 Å². The van der Waals surface area contributed by atoms with Crippen molar-refractivity contribution in [2.75, 3.05) is 0 Å². The Morgan fingerprint density at radius 1 is 1.36 bits per heavy atom. The molecule has 1 N–H and O–H groups in total. The number of hydrogen-bond donors (Lipinski definition) is 1. The predicted octanol–water partition coefficient (Wildman–Crippen LogP) is 2.03. The summed E-state index contributed by atoms with van der Waals surface area (Å²) in [6.45, 7) is 1.76. The molecule has 0 aliphatic heterocycles. The number of halogens is 1. The van der Waals surface area contributed by atoms with Gasteiger partial charge >= 0.3 is 0 Å². The number of aromatic nitrogens is 2. The first-order valence-electron chi connectivity index (χ1n) is 4.18. The van der Waals surface area contributed by atoms with E-state index in [0.29, 0.717) is 11.4 Å². The van der Waals surface area contributed by atoms with Gasteiger partial charge in [-0.15, -0.1) is 0 Å². The molecular formula is C10H9FN2O. The lowest BCUT2D eigenvalue weighted by Gasteiger charge is -2.01. The van der Waals surface area contributed by atoms with Crippen molar-refractivity contribution in [3.63, 3.8) is 0 Å². The molecule has 0 saturated heterocycles. The molecule has 2 rings (SSSR count). The molecule has 4 heteroatoms. The molecule has 0 aliphatic carbocycles. The largest absolute Gasteiger partial charge is 0.493 e. The Kier molecular flexibility index (Phi) is 1.96. The van der Waals surface area contributed by atoms with E-state index in [1.165, 1.54) is 22.9 Å². The average Bonchev–Trinajstić information content (AvgIpc) is 2.45. The smallest absolute Gasteiger partial charge is 0.214 e. The summed E-state index contributed by atoms with van der Waals surface area (Å²) in [5.41, 5.74) is 1.20. The molecule has 72 valence electrons. The van der Waals surface area contributed by atoms with Gasteiger partial charge in [0.1, 0.15) is 5.82 Å². The maximum Gasteiger partial charge on any atom is 0.214 e. The zero-order valence-corrected chi connectivity index (χ0v) is 7.61. The van der Waals surface area contributed by atoms with Gasteiger partial charge in [0.15, 0.2) is 0 Å². The number of aryl methyl sites for hydroxylation is 1. The van der Waals surface area contributed by atoms with E-state index >= 15 is 0 Å². The van der Waals surface area contributed by atoms with Crippen LogP contribution in [-0.2, 0) is 0 Å². The van der Waals surface area contributed by atoms with Crippen molar-refractivity contribution in [3.8, 4) is 11.6 Å². The van der Waals surface area contributed by atoms with Gasteiger partial charge in [0.2, 0.25) is 5.88 Å². The first-order chi connectivity index (χ1) is 6.66. The van der Waals surface area contributed by atoms with Gasteiger partial charge in [-0.25, -0.2) is 9.07 Å². The molecule has 14 heavy (non-hydrogen) atoms. The second kappa shape index (κ2) is 3.14. The highest BCUT2D eigenvalue weighted by Gasteiger charge is 2.05. The summed E-state index contributed by atoms with van der Waals surface area (Å²) >= 11 is 0. The molecule has 0 aliphatic rings. The minimum atomic E-state index is -0.352. The number of hydrogen-bond acceptors (Lipinski definition) is 2. The lowest BCUT2D eigenvalue weighted by atomic mass is 10.3. The Morgan fingerprint density at radius 2 is 2.14 bits per heavy atom. The highest BCUT2D eigenvalue weighted by molar-refractivity contribution is 5.35. The monoisotopic (exact) mass is 192 g/mol. The van der Waals surface area contributed by atoms with Crippen molar-refractivity contribution < 1.29 is 9.50 Å². The van der Waals surface area contributed by atoms with Gasteiger partial charge in [-0.3, -0.25) is 0 Å². The molecular weight excluding hydrogens is 183 g/mol. The zero-order chi connectivity index (χ0) is 10.1. The topological polar surface area (TPSA) is 38.0 Å². The van der Waals surface area contributed by atoms with Crippen molar-refractivity contribution in [1.82, 2.24) is 9.78 Å². The summed E-state index contributed by atoms with van der Waals surface area (Å²) in [5.74, 6) is -0.344. The Hall–Kier alpha value is -1.84. The third-order valence-corrected chi connectivity index (χ3v) is 1.87. The van der Waals surface area contributed by atoms with E-state index in [1.54, 1.807) is 19.1 Å². The highest BCUT2D eigenvalue weighted by atomic mass is 19.1. The SMILES string of the molecule is Cc1cc(O)n(-c2cccc(F)c2)n1. The summed E-state index contributed by atoms with van der Waals surface area (Å²) < 4.78 is 14.2. The molecule has 0 fully saturated rings. The zero-order valence-electron chi connectivity index (χ0n) is 7.61. The Balaban J connectivity index is 2.54. The molecule has 0 unspecified atom stereocenters. The second-order valence-electron chi connectivity index (χ2n) is 3.04. The van der Waals surface area contributed by atoms with Gasteiger partial charge in [-0.05, 0) is 25.1 Å². The summed E-state index contributed by atoms with van der Waals surface area (Å²) in [6.07, 6.45) is 0. The summed E-state index contributed by atoms with van der Waals surface area (Å²) in [5, 5.41) is 13.5. The molecule has 3 nitrogen and oxygen atoms in total. The minimum absolute atomic E-state index is 0.00750. The highest BCUT2D eigenvalue weighted by Crippen LogP contribution is 2.17. The van der Waals surface area contributed by atoms with E-state index < -0.39 is 0 Å². The average molecular weight is 192 g/mol. The van der Waals surface area contributed by atoms with E-state index in [9.17, 15) is 9.50 Å². The maximum absolute atomic E-state index is 12.9. The molecule has 1 aromatic heterocycles. The fraction of sp³-hybridized carbons (Fsp3) is 0.100. The fourth-order valence-electron chi connectivity index (χ4n) is 1.28. The number of nitrogens with zero attached hydrogens (tertiary/aromatic N) is 2. The van der Waals surface area contributed by atoms with Crippen LogP contribution >= 0.6 is 0 Å². The van der Waals surface area contributed by atoms with Crippen molar-refractivity contribution in [2.45, 2.75) is 6.92 Å². The van der Waals surface area contributed by atoms with Crippen molar-refractivity contribution in [2.24, 2.45) is 0 Å². The van der Waals surface area contributed by atoms with Gasteiger partial charge in [0.25, 0.3) is 0 Å². The Bertz CT molecular complexity index is 465. The number of rotatable bonds is 1. The van der Waals surface area contributed by atoms with E-state index in [-0.39, 0.29) is 11.7 Å². The van der Waals surface area contributed by atoms with Gasteiger partial charge < -0.3 is 5.11 Å². The third kappa shape index (κ3) is 1.46. The van der Waals surface area contributed by atoms with Crippen LogP contribution in [0, 0.1) is 12.7 Å². The molecule has 0 atom stereocenters. The first-order valence-corrected chi connectivity index (χ1v) is 4.18. The predicted molar refractivity (Wildman–Crippen MR) is 49.9 cm³/mol. The lowest BCUT2D eigenvalue weighted by molar-refractivity contribution is 0.433. The molecule has 0 amide bonds. The van der Waals surface area contributed by atoms with Crippen LogP contribution < -0.4 is 0 Å². The van der Waals surface area contributed by atoms with Crippen molar-refractivity contribution in [3.05, 3.63) is 41.8 Å². The summed E-state index contributed by atoms with van der Waals surface area (Å²) in [6, 6.07) is 7.42. The number of aromatic hydroxyl groups is 1. The van der Waals surface area contributed by atoms with Crippen LogP contribution in [0.25, 0.3) is 5.69 Å². The molecule has 1 heterocycles. The van der Waals surface area contributed by atoms with Crippen LogP contribution in [0.4, 0.5) is 4.39 Å². The molecule has 1 aromatic carbocycles. The molecule has 0 saturated carbocycles. The Labute approximate surface area is 80.4 Å². The van der Waals surface area contributed by atoms with E-state index in [2.05, 4.69) is 5.10 Å². The molecule has 0 spiro atoms. The van der Waals surface area contributed by atoms with Crippen LogP contribution in [0.1, 0.15) is 5.69 Å². The summed E-state index contributed by atoms with van der Waals surface area (Å²) in [4.78, 5) is 0. The lowest BCUT2D eigenvalue weighted by Crippen LogP contribution is -1.96. The molecule has 0 bridgehead atoms. The first kappa shape index (κ1) is 8.74. The van der Waals surface area contributed by atoms with Crippen molar-refractivity contribution >= 4 is 0 Å². The normalized spacial score (nSPS) is 10.4. The maximum atomic E-state index is 12.9. The van der Waals surface area contributed by atoms with Crippen LogP contribution in [0.5, 0.6) is 5.88 Å². The van der Waals surface area contributed by atoms with Gasteiger partial charge in [0, 0.05) is 6.07 Å². The second-order valence-corrected chi connectivity index (χ2v) is 3.04. The molecule has 2 aromatic rings. The van der Waals surface area contributed by atoms with Crippen LogP contribution in [0.2, 0.25) is 0 Å². The van der Waals surface area contributed by atoms with Gasteiger partial charge in [0.05, 0.1) is 11.4 Å². The fourth-order valence-corrected chi connectivity index (χ4v) is 1.28. The van der Waals surface area contributed by atoms with Crippen LogP contribution in [-0.4, -0.2) is 14.9 Å². The molecule has 0 radical (unpaired) electrons. The number of benzene rings is 1. The van der Waals surface area contributed by atoms with Gasteiger partial charge in [-0.2, -0.15) is 5.10 Å². The Morgan fingerprint density at radius 3 is 2.71 bits per heavy atom.